The molecule has 0 radical (unpaired) electrons. The van der Waals surface area contributed by atoms with Crippen LogP contribution in [0, 0.1) is 5.82 Å². The highest BCUT2D eigenvalue weighted by Crippen LogP contribution is 2.51. The largest absolute Gasteiger partial charge is 0.477 e. The van der Waals surface area contributed by atoms with E-state index in [2.05, 4.69) is 14.9 Å². The molecule has 0 bridgehead atoms. The summed E-state index contributed by atoms with van der Waals surface area (Å²) in [5, 5.41) is -0.490. The van der Waals surface area contributed by atoms with Crippen LogP contribution < -0.4 is 20.1 Å². The van der Waals surface area contributed by atoms with Crippen molar-refractivity contribution in [2.24, 2.45) is 0 Å². The molecule has 1 saturated carbocycles. The van der Waals surface area contributed by atoms with Gasteiger partial charge >= 0.3 is 12.2 Å². The van der Waals surface area contributed by atoms with Gasteiger partial charge in [-0.3, -0.25) is 4.90 Å². The van der Waals surface area contributed by atoms with Gasteiger partial charge in [0.25, 0.3) is 0 Å². The molecule has 1 spiro atoms. The first-order valence-corrected chi connectivity index (χ1v) is 14.8. The number of pyridine rings is 1. The van der Waals surface area contributed by atoms with Crippen molar-refractivity contribution in [3.05, 3.63) is 28.5 Å². The second-order valence-corrected chi connectivity index (χ2v) is 12.4. The fourth-order valence-corrected chi connectivity index (χ4v) is 7.06. The highest BCUT2D eigenvalue weighted by atomic mass is 35.5. The summed E-state index contributed by atoms with van der Waals surface area (Å²) in [7, 11) is 1.87. The predicted molar refractivity (Wildman–Crippen MR) is 152 cm³/mol. The first-order chi connectivity index (χ1) is 20.4. The Morgan fingerprint density at radius 1 is 1.16 bits per heavy atom. The maximum atomic E-state index is 16.5. The van der Waals surface area contributed by atoms with Gasteiger partial charge in [0, 0.05) is 48.9 Å². The summed E-state index contributed by atoms with van der Waals surface area (Å²) in [6.45, 7) is 3.99. The minimum absolute atomic E-state index is 0.0667. The van der Waals surface area contributed by atoms with E-state index in [0.717, 1.165) is 44.4 Å². The number of nitrogens with two attached hydrogens (primary N) is 1. The molecule has 14 heteroatoms. The summed E-state index contributed by atoms with van der Waals surface area (Å²) in [4.78, 5) is 17.7. The molecule has 1 aromatic carbocycles. The summed E-state index contributed by atoms with van der Waals surface area (Å²) in [5.41, 5.74) is 2.84. The fourth-order valence-electron chi connectivity index (χ4n) is 6.72. The Balaban J connectivity index is 1.36. The molecule has 230 valence electrons. The summed E-state index contributed by atoms with van der Waals surface area (Å²) in [6.07, 6.45) is -0.494. The number of fused-ring (bicyclic) bond motifs is 1. The van der Waals surface area contributed by atoms with Crippen molar-refractivity contribution in [1.82, 2.24) is 19.9 Å². The van der Waals surface area contributed by atoms with Crippen LogP contribution in [0.5, 0.6) is 11.9 Å². The first kappa shape index (κ1) is 28.6. The number of hydrogen-bond acceptors (Lipinski definition) is 9. The van der Waals surface area contributed by atoms with Gasteiger partial charge in [0.2, 0.25) is 5.88 Å². The monoisotopic (exact) mass is 622 g/mol. The number of benzene rings is 1. The lowest BCUT2D eigenvalue weighted by atomic mass is 10.0. The van der Waals surface area contributed by atoms with Crippen molar-refractivity contribution in [3.8, 4) is 23.1 Å². The molecule has 3 atom stereocenters. The van der Waals surface area contributed by atoms with E-state index in [4.69, 9.17) is 36.5 Å². The molecule has 2 aromatic heterocycles. The number of nitrogens with zero attached hydrogens (tertiary/aromatic N) is 5. The van der Waals surface area contributed by atoms with Crippen LogP contribution in [0.3, 0.4) is 0 Å². The van der Waals surface area contributed by atoms with Crippen LogP contribution in [0.25, 0.3) is 22.2 Å². The number of aromatic nitrogens is 3. The Bertz CT molecular complexity index is 1600. The van der Waals surface area contributed by atoms with Gasteiger partial charge in [-0.25, -0.2) is 9.37 Å². The smallest absolute Gasteiger partial charge is 0.418 e. The van der Waals surface area contributed by atoms with Gasteiger partial charge in [-0.2, -0.15) is 23.1 Å². The minimum atomic E-state index is -4.91. The van der Waals surface area contributed by atoms with Gasteiger partial charge in [0.15, 0.2) is 5.82 Å². The highest BCUT2D eigenvalue weighted by Gasteiger charge is 2.49. The Labute approximate surface area is 250 Å². The zero-order valence-electron chi connectivity index (χ0n) is 23.7. The first-order valence-electron chi connectivity index (χ1n) is 14.4. The van der Waals surface area contributed by atoms with Gasteiger partial charge in [-0.05, 0) is 44.7 Å². The third-order valence-electron chi connectivity index (χ3n) is 9.24. The van der Waals surface area contributed by atoms with Crippen LogP contribution >= 0.6 is 11.6 Å². The lowest BCUT2D eigenvalue weighted by Crippen LogP contribution is -2.49. The number of nitrogen functional groups attached to an aromatic ring is 1. The molecule has 1 aliphatic carbocycles. The molecule has 2 N–H and O–H groups in total. The zero-order valence-corrected chi connectivity index (χ0v) is 24.4. The van der Waals surface area contributed by atoms with Crippen LogP contribution in [-0.4, -0.2) is 77.0 Å². The van der Waals surface area contributed by atoms with Crippen LogP contribution in [0.4, 0.5) is 29.1 Å². The van der Waals surface area contributed by atoms with E-state index in [1.165, 1.54) is 0 Å². The minimum Gasteiger partial charge on any atom is -0.477 e. The summed E-state index contributed by atoms with van der Waals surface area (Å²) in [6, 6.07) is 2.33. The molecule has 1 unspecified atom stereocenters. The maximum absolute atomic E-state index is 16.5. The van der Waals surface area contributed by atoms with Gasteiger partial charge in [-0.15, -0.1) is 0 Å². The molecule has 9 nitrogen and oxygen atoms in total. The second kappa shape index (κ2) is 10.2. The Morgan fingerprint density at radius 3 is 2.70 bits per heavy atom. The van der Waals surface area contributed by atoms with Crippen molar-refractivity contribution >= 4 is 34.0 Å². The molecule has 43 heavy (non-hydrogen) atoms. The van der Waals surface area contributed by atoms with Crippen molar-refractivity contribution < 1.29 is 31.8 Å². The van der Waals surface area contributed by atoms with Crippen molar-refractivity contribution in [3.63, 3.8) is 0 Å². The van der Waals surface area contributed by atoms with Crippen molar-refractivity contribution in [2.45, 2.75) is 68.9 Å². The molecular formula is C29H31ClF4N6O3. The number of anilines is 2. The van der Waals surface area contributed by atoms with Crippen molar-refractivity contribution in [2.75, 3.05) is 44.0 Å². The van der Waals surface area contributed by atoms with Crippen LogP contribution in [-0.2, 0) is 10.9 Å². The van der Waals surface area contributed by atoms with E-state index < -0.39 is 33.8 Å². The lowest BCUT2D eigenvalue weighted by molar-refractivity contribution is -0.137. The fraction of sp³-hybridized carbons (Fsp3) is 0.552. The molecule has 0 amide bonds. The molecule has 3 aromatic rings. The highest BCUT2D eigenvalue weighted by molar-refractivity contribution is 6.32. The summed E-state index contributed by atoms with van der Waals surface area (Å²) in [5.74, 6) is -0.788. The Morgan fingerprint density at radius 2 is 1.95 bits per heavy atom. The average molecular weight is 623 g/mol. The maximum Gasteiger partial charge on any atom is 0.418 e. The number of hydrogen-bond donors (Lipinski definition) is 1. The van der Waals surface area contributed by atoms with E-state index in [-0.39, 0.29) is 59.4 Å². The third kappa shape index (κ3) is 4.89. The number of halogens is 5. The Hall–Kier alpha value is -3.16. The average Bonchev–Trinajstić information content (AvgIpc) is 3.63. The molecule has 3 fully saturated rings. The molecule has 7 rings (SSSR count). The quantitative estimate of drug-likeness (QED) is 0.300. The van der Waals surface area contributed by atoms with E-state index in [1.54, 1.807) is 0 Å². The SMILES string of the molecule is CC1CN2[C@H](COc3nc4c5c(nc(-c6cc(N)cc(Cl)c6C(F)(F)F)c(F)c5n3)OCCC3(CC3)N4C)CC[C@H]2CO1. The predicted octanol–water partition coefficient (Wildman–Crippen LogP) is 5.47. The van der Waals surface area contributed by atoms with E-state index in [0.29, 0.717) is 24.9 Å². The van der Waals surface area contributed by atoms with Gasteiger partial charge in [0.1, 0.15) is 29.0 Å². The topological polar surface area (TPSA) is 98.9 Å². The number of morpholine rings is 1. The van der Waals surface area contributed by atoms with E-state index in [1.807, 2.05) is 18.9 Å². The molecule has 4 aliphatic rings. The molecule has 3 aliphatic heterocycles. The number of rotatable bonds is 4. The standard InChI is InChI=1S/C29H31ClF4N6O3/c1-14-11-40-16(12-42-14)3-4-17(40)13-43-27-37-24-20-25(38-27)39(2)28(5-6-28)7-8-41-26(20)36-23(22(24)31)18-9-15(35)10-19(30)21(18)29(32,33)34/h9-10,14,16-17H,3-8,11-13,35H2,1-2H3/t14?,16-,17-/m0/s1. The molecular weight excluding hydrogens is 592 g/mol. The van der Waals surface area contributed by atoms with Crippen LogP contribution in [0.15, 0.2) is 12.1 Å². The van der Waals surface area contributed by atoms with Gasteiger partial charge in [-0.1, -0.05) is 11.6 Å². The summed E-state index contributed by atoms with van der Waals surface area (Å²) >= 11 is 6.00. The van der Waals surface area contributed by atoms with E-state index >= 15 is 4.39 Å². The van der Waals surface area contributed by atoms with Crippen LogP contribution in [0.1, 0.15) is 44.6 Å². The third-order valence-corrected chi connectivity index (χ3v) is 9.54. The van der Waals surface area contributed by atoms with Crippen molar-refractivity contribution in [1.29, 1.82) is 0 Å². The zero-order chi connectivity index (χ0) is 30.3. The second-order valence-electron chi connectivity index (χ2n) is 12.0. The van der Waals surface area contributed by atoms with Crippen LogP contribution in [0.2, 0.25) is 5.02 Å². The number of ether oxygens (including phenoxy) is 3. The molecule has 2 saturated heterocycles. The lowest BCUT2D eigenvalue weighted by Gasteiger charge is -2.37. The summed E-state index contributed by atoms with van der Waals surface area (Å²) < 4.78 is 77.0. The van der Waals surface area contributed by atoms with Gasteiger partial charge < -0.3 is 24.8 Å². The van der Waals surface area contributed by atoms with Gasteiger partial charge in [0.05, 0.1) is 29.9 Å². The Kier molecular flexibility index (Phi) is 6.78. The number of alkyl halides is 3. The molecule has 5 heterocycles. The van der Waals surface area contributed by atoms with E-state index in [9.17, 15) is 13.2 Å². The normalized spacial score (nSPS) is 24.9.